The Morgan fingerprint density at radius 3 is 2.06 bits per heavy atom. The molecule has 1 aromatic heterocycles. The Bertz CT molecular complexity index is 1120. The topological polar surface area (TPSA) is 77.8 Å². The molecule has 0 atom stereocenters. The summed E-state index contributed by atoms with van der Waals surface area (Å²) in [6.07, 6.45) is 11.4. The Labute approximate surface area is 197 Å². The number of fused-ring (bicyclic) bond motifs is 1. The van der Waals surface area contributed by atoms with E-state index in [0.29, 0.717) is 17.0 Å². The summed E-state index contributed by atoms with van der Waals surface area (Å²) in [6.45, 7) is 0.283. The van der Waals surface area contributed by atoms with Gasteiger partial charge in [0.2, 0.25) is 0 Å². The highest BCUT2D eigenvalue weighted by atomic mass is 32.2. The van der Waals surface area contributed by atoms with Gasteiger partial charge in [-0.2, -0.15) is 0 Å². The van der Waals surface area contributed by atoms with Crippen LogP contribution in [-0.4, -0.2) is 38.3 Å². The highest BCUT2D eigenvalue weighted by Crippen LogP contribution is 2.34. The van der Waals surface area contributed by atoms with Gasteiger partial charge in [-0.05, 0) is 61.2 Å². The van der Waals surface area contributed by atoms with Gasteiger partial charge < -0.3 is 14.6 Å². The number of benzene rings is 2. The summed E-state index contributed by atoms with van der Waals surface area (Å²) < 4.78 is 39.0. The van der Waals surface area contributed by atoms with Gasteiger partial charge in [0, 0.05) is 18.2 Å². The summed E-state index contributed by atoms with van der Waals surface area (Å²) in [7, 11) is -0.587. The molecule has 0 bridgehead atoms. The van der Waals surface area contributed by atoms with Gasteiger partial charge in [-0.25, -0.2) is 12.4 Å². The molecule has 0 unspecified atom stereocenters. The Morgan fingerprint density at radius 2 is 1.45 bits per heavy atom. The first kappa shape index (κ1) is 25.1. The van der Waals surface area contributed by atoms with E-state index in [1.165, 1.54) is 29.7 Å². The highest BCUT2D eigenvalue weighted by molar-refractivity contribution is 7.90. The van der Waals surface area contributed by atoms with Crippen LogP contribution in [0.3, 0.4) is 0 Å². The van der Waals surface area contributed by atoms with Crippen LogP contribution in [0.25, 0.3) is 10.9 Å². The second-order valence-corrected chi connectivity index (χ2v) is 10.1. The number of unbranched alkanes of at least 4 members (excludes halogenated alkanes) is 7. The van der Waals surface area contributed by atoms with Gasteiger partial charge in [0.1, 0.15) is 11.5 Å². The molecule has 3 aromatic rings. The van der Waals surface area contributed by atoms with Crippen molar-refractivity contribution in [3.05, 3.63) is 54.2 Å². The minimum atomic E-state index is -3.76. The zero-order chi connectivity index (χ0) is 23.7. The quantitative estimate of drug-likeness (QED) is 0.311. The number of hydrogen-bond donors (Lipinski definition) is 1. The number of hydrogen-bond acceptors (Lipinski definition) is 5. The summed E-state index contributed by atoms with van der Waals surface area (Å²) >= 11 is 0. The van der Waals surface area contributed by atoms with Crippen LogP contribution in [0.1, 0.15) is 56.9 Å². The van der Waals surface area contributed by atoms with E-state index in [1.807, 2.05) is 18.2 Å². The van der Waals surface area contributed by atoms with E-state index in [0.717, 1.165) is 43.1 Å². The molecule has 180 valence electrons. The van der Waals surface area contributed by atoms with Crippen molar-refractivity contribution in [1.29, 1.82) is 0 Å². The third-order valence-electron chi connectivity index (χ3n) is 6.03. The van der Waals surface area contributed by atoms with Crippen molar-refractivity contribution in [2.75, 3.05) is 20.8 Å². The molecular weight excluding hydrogens is 438 g/mol. The lowest BCUT2D eigenvalue weighted by molar-refractivity contribution is 0.282. The van der Waals surface area contributed by atoms with Crippen LogP contribution < -0.4 is 9.47 Å². The molecule has 0 radical (unpaired) electrons. The maximum atomic E-state index is 13.4. The van der Waals surface area contributed by atoms with Gasteiger partial charge in [-0.15, -0.1) is 0 Å². The van der Waals surface area contributed by atoms with Crippen molar-refractivity contribution in [2.45, 2.75) is 62.7 Å². The lowest BCUT2D eigenvalue weighted by Crippen LogP contribution is -2.11. The first-order valence-electron chi connectivity index (χ1n) is 11.7. The predicted molar refractivity (Wildman–Crippen MR) is 132 cm³/mol. The summed E-state index contributed by atoms with van der Waals surface area (Å²) in [5.41, 5.74) is 1.62. The molecule has 0 saturated carbocycles. The molecule has 33 heavy (non-hydrogen) atoms. The monoisotopic (exact) mass is 473 g/mol. The van der Waals surface area contributed by atoms with E-state index in [2.05, 4.69) is 0 Å². The van der Waals surface area contributed by atoms with Crippen LogP contribution in [-0.2, 0) is 16.4 Å². The van der Waals surface area contributed by atoms with Crippen molar-refractivity contribution >= 4 is 20.9 Å². The van der Waals surface area contributed by atoms with E-state index in [9.17, 15) is 8.42 Å². The Morgan fingerprint density at radius 1 is 0.818 bits per heavy atom. The smallest absolute Gasteiger partial charge is 0.268 e. The van der Waals surface area contributed by atoms with Crippen molar-refractivity contribution in [3.63, 3.8) is 0 Å². The number of rotatable bonds is 14. The lowest BCUT2D eigenvalue weighted by Gasteiger charge is -2.09. The fraction of sp³-hybridized carbons (Fsp3) is 0.462. The summed E-state index contributed by atoms with van der Waals surface area (Å²) in [5, 5.41) is 9.71. The summed E-state index contributed by atoms with van der Waals surface area (Å²) in [6, 6.07) is 12.0. The van der Waals surface area contributed by atoms with Crippen molar-refractivity contribution in [1.82, 2.24) is 3.97 Å². The second kappa shape index (κ2) is 12.1. The third-order valence-corrected chi connectivity index (χ3v) is 7.71. The largest absolute Gasteiger partial charge is 0.497 e. The molecule has 0 aliphatic carbocycles. The third kappa shape index (κ3) is 6.09. The number of nitrogens with zero attached hydrogens (tertiary/aromatic N) is 1. The van der Waals surface area contributed by atoms with Gasteiger partial charge in [0.15, 0.2) is 0 Å². The maximum absolute atomic E-state index is 13.4. The van der Waals surface area contributed by atoms with E-state index < -0.39 is 10.0 Å². The van der Waals surface area contributed by atoms with Gasteiger partial charge in [-0.1, -0.05) is 44.6 Å². The SMILES string of the molecule is COc1ccc(S(=O)(=O)n2cc(CCCCCCCCCCO)c3c(OC)cccc32)cc1. The van der Waals surface area contributed by atoms with Crippen LogP contribution in [0.2, 0.25) is 0 Å². The zero-order valence-electron chi connectivity index (χ0n) is 19.6. The van der Waals surface area contributed by atoms with Crippen LogP contribution in [0.5, 0.6) is 11.5 Å². The molecule has 0 aliphatic rings. The van der Waals surface area contributed by atoms with Crippen molar-refractivity contribution in [2.24, 2.45) is 0 Å². The first-order valence-corrected chi connectivity index (χ1v) is 13.1. The standard InChI is InChI=1S/C26H35NO5S/c1-31-22-15-17-23(18-16-22)33(29,30)27-20-21(26-24(27)13-11-14-25(26)32-2)12-9-7-5-3-4-6-8-10-19-28/h11,13-18,20,28H,3-10,12,19H2,1-2H3. The second-order valence-electron chi connectivity index (χ2n) is 8.29. The maximum Gasteiger partial charge on any atom is 0.268 e. The molecule has 1 N–H and O–H groups in total. The number of ether oxygens (including phenoxy) is 2. The number of methoxy groups -OCH3 is 2. The highest BCUT2D eigenvalue weighted by Gasteiger charge is 2.23. The number of aromatic nitrogens is 1. The molecule has 2 aromatic carbocycles. The predicted octanol–water partition coefficient (Wildman–Crippen LogP) is 5.55. The minimum absolute atomic E-state index is 0.218. The zero-order valence-corrected chi connectivity index (χ0v) is 20.4. The van der Waals surface area contributed by atoms with Gasteiger partial charge >= 0.3 is 0 Å². The number of aryl methyl sites for hydroxylation is 1. The molecule has 1 heterocycles. The Hall–Kier alpha value is -2.51. The van der Waals surface area contributed by atoms with E-state index in [4.69, 9.17) is 14.6 Å². The molecule has 0 fully saturated rings. The molecule has 6 nitrogen and oxygen atoms in total. The Balaban J connectivity index is 1.77. The first-order chi connectivity index (χ1) is 16.0. The number of aliphatic hydroxyl groups is 1. The van der Waals surface area contributed by atoms with Crippen LogP contribution in [0.15, 0.2) is 53.6 Å². The van der Waals surface area contributed by atoms with Gasteiger partial charge in [0.25, 0.3) is 10.0 Å². The van der Waals surface area contributed by atoms with Crippen LogP contribution in [0.4, 0.5) is 0 Å². The molecule has 7 heteroatoms. The lowest BCUT2D eigenvalue weighted by atomic mass is 10.0. The summed E-state index contributed by atoms with van der Waals surface area (Å²) in [4.78, 5) is 0.218. The fourth-order valence-corrected chi connectivity index (χ4v) is 5.59. The minimum Gasteiger partial charge on any atom is -0.497 e. The molecule has 0 aliphatic heterocycles. The van der Waals surface area contributed by atoms with E-state index >= 15 is 0 Å². The molecule has 3 rings (SSSR count). The van der Waals surface area contributed by atoms with E-state index in [1.54, 1.807) is 44.7 Å². The van der Waals surface area contributed by atoms with Crippen LogP contribution >= 0.6 is 0 Å². The van der Waals surface area contributed by atoms with Gasteiger partial charge in [0.05, 0.1) is 24.6 Å². The molecule has 0 saturated heterocycles. The Kier molecular flexibility index (Phi) is 9.21. The fourth-order valence-electron chi connectivity index (χ4n) is 4.21. The van der Waals surface area contributed by atoms with Gasteiger partial charge in [-0.3, -0.25) is 0 Å². The molecule has 0 amide bonds. The van der Waals surface area contributed by atoms with Crippen molar-refractivity contribution < 1.29 is 23.0 Å². The van der Waals surface area contributed by atoms with E-state index in [-0.39, 0.29) is 11.5 Å². The average Bonchev–Trinajstić information content (AvgIpc) is 3.22. The normalized spacial score (nSPS) is 11.7. The molecular formula is C26H35NO5S. The summed E-state index contributed by atoms with van der Waals surface area (Å²) in [5.74, 6) is 1.30. The van der Waals surface area contributed by atoms with Crippen molar-refractivity contribution in [3.8, 4) is 11.5 Å². The number of aliphatic hydroxyl groups excluding tert-OH is 1. The average molecular weight is 474 g/mol. The molecule has 0 spiro atoms. The van der Waals surface area contributed by atoms with Crippen LogP contribution in [0, 0.1) is 0 Å².